The number of ketones is 1. The first-order chi connectivity index (χ1) is 18.7. The molecule has 1 saturated heterocycles. The molecule has 204 valence electrons. The SMILES string of the molecule is CCOC(=O)c1sc(N2C(=O)C(=O)/C(=C(/O)c3ccc(F)cc3)C2c2ccc(OCC)c(OCC)c2)nc1C. The molecular formula is C28H27FN2O7S. The Balaban J connectivity index is 1.94. The summed E-state index contributed by atoms with van der Waals surface area (Å²) >= 11 is 0.904. The molecule has 39 heavy (non-hydrogen) atoms. The average Bonchev–Trinajstić information content (AvgIpc) is 3.42. The molecule has 0 spiro atoms. The fourth-order valence-corrected chi connectivity index (χ4v) is 5.20. The number of hydrogen-bond acceptors (Lipinski definition) is 9. The maximum Gasteiger partial charge on any atom is 0.350 e. The lowest BCUT2D eigenvalue weighted by Crippen LogP contribution is -2.29. The van der Waals surface area contributed by atoms with Crippen molar-refractivity contribution in [2.75, 3.05) is 24.7 Å². The van der Waals surface area contributed by atoms with Crippen molar-refractivity contribution in [1.82, 2.24) is 4.98 Å². The molecule has 4 rings (SSSR count). The number of rotatable bonds is 9. The molecule has 1 N–H and O–H groups in total. The second-order valence-corrected chi connectivity index (χ2v) is 9.36. The second kappa shape index (κ2) is 11.6. The molecule has 1 unspecified atom stereocenters. The number of hydrogen-bond donors (Lipinski definition) is 1. The Bertz CT molecular complexity index is 1450. The molecule has 0 aliphatic carbocycles. The number of benzene rings is 2. The number of esters is 1. The van der Waals surface area contributed by atoms with Gasteiger partial charge in [-0.3, -0.25) is 14.5 Å². The number of Topliss-reactive ketones (excluding diaryl/α,β-unsaturated/α-hetero) is 1. The fraction of sp³-hybridized carbons (Fsp3) is 0.286. The number of ether oxygens (including phenoxy) is 3. The number of carbonyl (C=O) groups is 3. The lowest BCUT2D eigenvalue weighted by molar-refractivity contribution is -0.132. The highest BCUT2D eigenvalue weighted by atomic mass is 32.1. The van der Waals surface area contributed by atoms with E-state index in [1.165, 1.54) is 12.1 Å². The molecular weight excluding hydrogens is 527 g/mol. The van der Waals surface area contributed by atoms with Crippen LogP contribution in [0, 0.1) is 12.7 Å². The van der Waals surface area contributed by atoms with E-state index in [0.717, 1.165) is 28.4 Å². The number of anilines is 1. The van der Waals surface area contributed by atoms with Gasteiger partial charge in [0.15, 0.2) is 16.6 Å². The molecule has 1 amide bonds. The van der Waals surface area contributed by atoms with Crippen LogP contribution in [-0.2, 0) is 14.3 Å². The molecule has 11 heteroatoms. The zero-order valence-corrected chi connectivity index (χ0v) is 22.6. The number of aliphatic hydroxyl groups excluding tert-OH is 1. The molecule has 1 aliphatic rings. The van der Waals surface area contributed by atoms with Crippen molar-refractivity contribution in [1.29, 1.82) is 0 Å². The maximum atomic E-state index is 13.6. The van der Waals surface area contributed by atoms with E-state index in [4.69, 9.17) is 14.2 Å². The summed E-state index contributed by atoms with van der Waals surface area (Å²) < 4.78 is 30.1. The summed E-state index contributed by atoms with van der Waals surface area (Å²) in [5.74, 6) is -2.66. The van der Waals surface area contributed by atoms with Crippen molar-refractivity contribution >= 4 is 39.9 Å². The van der Waals surface area contributed by atoms with Gasteiger partial charge >= 0.3 is 11.9 Å². The van der Waals surface area contributed by atoms with E-state index in [1.54, 1.807) is 39.0 Å². The van der Waals surface area contributed by atoms with Gasteiger partial charge in [0.25, 0.3) is 5.78 Å². The summed E-state index contributed by atoms with van der Waals surface area (Å²) in [6, 6.07) is 8.70. The quantitative estimate of drug-likeness (QED) is 0.166. The van der Waals surface area contributed by atoms with Crippen molar-refractivity contribution in [3.63, 3.8) is 0 Å². The van der Waals surface area contributed by atoms with E-state index in [0.29, 0.717) is 36.0 Å². The van der Waals surface area contributed by atoms with Crippen LogP contribution in [0.4, 0.5) is 9.52 Å². The molecule has 2 heterocycles. The predicted molar refractivity (Wildman–Crippen MR) is 143 cm³/mol. The van der Waals surface area contributed by atoms with Crippen molar-refractivity contribution < 1.29 is 38.1 Å². The number of aliphatic hydroxyl groups is 1. The minimum Gasteiger partial charge on any atom is -0.507 e. The van der Waals surface area contributed by atoms with Crippen LogP contribution in [0.1, 0.15) is 53.3 Å². The van der Waals surface area contributed by atoms with E-state index in [1.807, 2.05) is 6.92 Å². The number of halogens is 1. The number of carbonyl (C=O) groups excluding carboxylic acids is 3. The summed E-state index contributed by atoms with van der Waals surface area (Å²) in [5, 5.41) is 11.3. The van der Waals surface area contributed by atoms with Crippen molar-refractivity contribution in [2.45, 2.75) is 33.7 Å². The van der Waals surface area contributed by atoms with Crippen molar-refractivity contribution in [3.8, 4) is 11.5 Å². The molecule has 1 aromatic heterocycles. The van der Waals surface area contributed by atoms with Gasteiger partial charge in [-0.05, 0) is 69.7 Å². The standard InChI is InChI=1S/C28H27FN2O7S/c1-5-36-19-13-10-17(14-20(19)37-6-2)22-21(23(32)16-8-11-18(29)12-9-16)24(33)26(34)31(22)28-30-15(4)25(39-28)27(35)38-7-3/h8-14,22,32H,5-7H2,1-4H3/b23-21+. The highest BCUT2D eigenvalue weighted by Crippen LogP contribution is 2.45. The van der Waals surface area contributed by atoms with Crippen LogP contribution in [0.25, 0.3) is 5.76 Å². The third kappa shape index (κ3) is 5.35. The predicted octanol–water partition coefficient (Wildman–Crippen LogP) is 5.19. The van der Waals surface area contributed by atoms with Gasteiger partial charge in [0.2, 0.25) is 0 Å². The van der Waals surface area contributed by atoms with Crippen LogP contribution in [-0.4, -0.2) is 47.6 Å². The Morgan fingerprint density at radius 1 is 1.03 bits per heavy atom. The Morgan fingerprint density at radius 2 is 1.69 bits per heavy atom. The van der Waals surface area contributed by atoms with Crippen LogP contribution in [0.15, 0.2) is 48.0 Å². The summed E-state index contributed by atoms with van der Waals surface area (Å²) in [6.45, 7) is 7.77. The van der Waals surface area contributed by atoms with Gasteiger partial charge in [-0.25, -0.2) is 14.2 Å². The van der Waals surface area contributed by atoms with Gasteiger partial charge in [-0.15, -0.1) is 0 Å². The lowest BCUT2D eigenvalue weighted by Gasteiger charge is -2.24. The average molecular weight is 555 g/mol. The van der Waals surface area contributed by atoms with Gasteiger partial charge in [-0.2, -0.15) is 0 Å². The van der Waals surface area contributed by atoms with Gasteiger partial charge < -0.3 is 19.3 Å². The van der Waals surface area contributed by atoms with Crippen LogP contribution < -0.4 is 14.4 Å². The molecule has 0 radical (unpaired) electrons. The smallest absolute Gasteiger partial charge is 0.350 e. The van der Waals surface area contributed by atoms with Crippen LogP contribution in [0.2, 0.25) is 0 Å². The summed E-state index contributed by atoms with van der Waals surface area (Å²) in [7, 11) is 0. The monoisotopic (exact) mass is 554 g/mol. The number of aryl methyl sites for hydroxylation is 1. The summed E-state index contributed by atoms with van der Waals surface area (Å²) in [5.41, 5.74) is 0.686. The number of thiazole rings is 1. The lowest BCUT2D eigenvalue weighted by atomic mass is 9.95. The van der Waals surface area contributed by atoms with Gasteiger partial charge in [-0.1, -0.05) is 17.4 Å². The molecule has 0 bridgehead atoms. The Hall–Kier alpha value is -4.25. The van der Waals surface area contributed by atoms with E-state index in [2.05, 4.69) is 4.98 Å². The zero-order valence-electron chi connectivity index (χ0n) is 21.8. The minimum absolute atomic E-state index is 0.0765. The Labute approximate surface area is 228 Å². The first kappa shape index (κ1) is 27.8. The van der Waals surface area contributed by atoms with E-state index in [9.17, 15) is 23.9 Å². The van der Waals surface area contributed by atoms with Crippen LogP contribution in [0.3, 0.4) is 0 Å². The first-order valence-corrected chi connectivity index (χ1v) is 13.1. The zero-order chi connectivity index (χ0) is 28.3. The third-order valence-electron chi connectivity index (χ3n) is 5.90. The Kier molecular flexibility index (Phi) is 8.29. The molecule has 1 fully saturated rings. The fourth-order valence-electron chi connectivity index (χ4n) is 4.22. The Morgan fingerprint density at radius 3 is 2.33 bits per heavy atom. The molecule has 2 aromatic carbocycles. The van der Waals surface area contributed by atoms with Gasteiger partial charge in [0.1, 0.15) is 16.5 Å². The maximum absolute atomic E-state index is 13.6. The molecule has 1 aliphatic heterocycles. The van der Waals surface area contributed by atoms with Crippen molar-refractivity contribution in [2.24, 2.45) is 0 Å². The summed E-state index contributed by atoms with van der Waals surface area (Å²) in [4.78, 5) is 45.1. The molecule has 3 aromatic rings. The van der Waals surface area contributed by atoms with Crippen LogP contribution in [0.5, 0.6) is 11.5 Å². The van der Waals surface area contributed by atoms with E-state index >= 15 is 0 Å². The minimum atomic E-state index is -1.13. The normalized spacial score (nSPS) is 16.4. The largest absolute Gasteiger partial charge is 0.507 e. The number of nitrogens with zero attached hydrogens (tertiary/aromatic N) is 2. The van der Waals surface area contributed by atoms with Crippen LogP contribution >= 0.6 is 11.3 Å². The summed E-state index contributed by atoms with van der Waals surface area (Å²) in [6.07, 6.45) is 0. The number of amides is 1. The first-order valence-electron chi connectivity index (χ1n) is 12.3. The molecule has 0 saturated carbocycles. The highest BCUT2D eigenvalue weighted by Gasteiger charge is 2.48. The van der Waals surface area contributed by atoms with E-state index < -0.39 is 35.3 Å². The number of aromatic nitrogens is 1. The molecule has 1 atom stereocenters. The van der Waals surface area contributed by atoms with Crippen molar-refractivity contribution in [3.05, 3.63) is 75.6 Å². The topological polar surface area (TPSA) is 115 Å². The van der Waals surface area contributed by atoms with Gasteiger partial charge in [0.05, 0.1) is 37.1 Å². The van der Waals surface area contributed by atoms with E-state index in [-0.39, 0.29) is 27.8 Å². The highest BCUT2D eigenvalue weighted by molar-refractivity contribution is 7.17. The second-order valence-electron chi connectivity index (χ2n) is 8.38. The molecule has 9 nitrogen and oxygen atoms in total. The van der Waals surface area contributed by atoms with Gasteiger partial charge in [0, 0.05) is 5.56 Å². The third-order valence-corrected chi connectivity index (χ3v) is 7.03.